The summed E-state index contributed by atoms with van der Waals surface area (Å²) in [5, 5.41) is 13.4. The molecule has 1 heterocycles. The minimum absolute atomic E-state index is 0.237. The first-order valence-electron chi connectivity index (χ1n) is 8.55. The number of rotatable bonds is 7. The third-order valence-electron chi connectivity index (χ3n) is 3.77. The van der Waals surface area contributed by atoms with Gasteiger partial charge < -0.3 is 20.1 Å². The number of methoxy groups -OCH3 is 1. The van der Waals surface area contributed by atoms with Gasteiger partial charge in [-0.05, 0) is 54.6 Å². The first kappa shape index (κ1) is 19.1. The molecule has 144 valence electrons. The van der Waals surface area contributed by atoms with Gasteiger partial charge in [0, 0.05) is 17.3 Å². The molecule has 2 amide bonds. The largest absolute Gasteiger partial charge is 0.497 e. The molecule has 0 radical (unpaired) electrons. The van der Waals surface area contributed by atoms with E-state index in [0.29, 0.717) is 29.6 Å². The van der Waals surface area contributed by atoms with Crippen LogP contribution in [0.5, 0.6) is 11.6 Å². The van der Waals surface area contributed by atoms with Crippen molar-refractivity contribution in [2.45, 2.75) is 0 Å². The van der Waals surface area contributed by atoms with E-state index in [1.165, 1.54) is 12.1 Å². The second-order valence-corrected chi connectivity index (χ2v) is 5.72. The van der Waals surface area contributed by atoms with E-state index in [1.54, 1.807) is 55.6 Å². The van der Waals surface area contributed by atoms with E-state index in [-0.39, 0.29) is 18.5 Å². The summed E-state index contributed by atoms with van der Waals surface area (Å²) in [5.41, 5.74) is 2.03. The fourth-order valence-corrected chi connectivity index (χ4v) is 2.34. The fraction of sp³-hybridized carbons (Fsp3) is 0.150. The lowest BCUT2D eigenvalue weighted by Gasteiger charge is -2.09. The van der Waals surface area contributed by atoms with Gasteiger partial charge in [-0.2, -0.15) is 0 Å². The van der Waals surface area contributed by atoms with Crippen molar-refractivity contribution in [1.29, 1.82) is 0 Å². The van der Waals surface area contributed by atoms with Crippen molar-refractivity contribution < 1.29 is 18.7 Å². The summed E-state index contributed by atoms with van der Waals surface area (Å²) in [6.07, 6.45) is 0. The van der Waals surface area contributed by atoms with Gasteiger partial charge in [0.25, 0.3) is 0 Å². The van der Waals surface area contributed by atoms with Gasteiger partial charge in [-0.3, -0.25) is 0 Å². The third kappa shape index (κ3) is 5.41. The van der Waals surface area contributed by atoms with Crippen LogP contribution in [-0.2, 0) is 0 Å². The van der Waals surface area contributed by atoms with E-state index >= 15 is 0 Å². The zero-order valence-electron chi connectivity index (χ0n) is 15.2. The van der Waals surface area contributed by atoms with E-state index in [9.17, 15) is 9.18 Å². The van der Waals surface area contributed by atoms with E-state index in [0.717, 1.165) is 5.56 Å². The minimum Gasteiger partial charge on any atom is -0.497 e. The number of nitrogens with zero attached hydrogens (tertiary/aromatic N) is 2. The maximum Gasteiger partial charge on any atom is 0.319 e. The molecule has 3 rings (SSSR count). The predicted molar refractivity (Wildman–Crippen MR) is 103 cm³/mol. The lowest BCUT2D eigenvalue weighted by molar-refractivity contribution is 0.246. The molecule has 7 nitrogen and oxygen atoms in total. The molecule has 0 unspecified atom stereocenters. The molecule has 2 aromatic carbocycles. The zero-order chi connectivity index (χ0) is 19.8. The molecule has 0 spiro atoms. The number of anilines is 1. The quantitative estimate of drug-likeness (QED) is 0.611. The Hall–Kier alpha value is -3.68. The van der Waals surface area contributed by atoms with Crippen LogP contribution in [0.4, 0.5) is 14.9 Å². The lowest BCUT2D eigenvalue weighted by atomic mass is 10.1. The summed E-state index contributed by atoms with van der Waals surface area (Å²) in [6.45, 7) is 0.532. The Morgan fingerprint density at radius 3 is 2.39 bits per heavy atom. The number of nitrogens with one attached hydrogen (secondary N) is 2. The van der Waals surface area contributed by atoms with Crippen molar-refractivity contribution in [3.63, 3.8) is 0 Å². The van der Waals surface area contributed by atoms with Crippen LogP contribution in [0, 0.1) is 5.82 Å². The Balaban J connectivity index is 1.40. The highest BCUT2D eigenvalue weighted by Crippen LogP contribution is 2.18. The normalized spacial score (nSPS) is 10.2. The monoisotopic (exact) mass is 382 g/mol. The number of aromatic nitrogens is 2. The summed E-state index contributed by atoms with van der Waals surface area (Å²) < 4.78 is 23.5. The molecule has 0 fully saturated rings. The van der Waals surface area contributed by atoms with Crippen LogP contribution in [-0.4, -0.2) is 36.5 Å². The Morgan fingerprint density at radius 1 is 1.00 bits per heavy atom. The molecule has 3 aromatic rings. The topological polar surface area (TPSA) is 85.4 Å². The number of benzene rings is 2. The highest BCUT2D eigenvalue weighted by Gasteiger charge is 2.04. The Morgan fingerprint density at radius 2 is 1.75 bits per heavy atom. The first-order chi connectivity index (χ1) is 13.6. The van der Waals surface area contributed by atoms with Gasteiger partial charge in [-0.25, -0.2) is 9.18 Å². The molecule has 0 saturated carbocycles. The van der Waals surface area contributed by atoms with Crippen molar-refractivity contribution >= 4 is 11.7 Å². The lowest BCUT2D eigenvalue weighted by Crippen LogP contribution is -2.32. The number of hydrogen-bond donors (Lipinski definition) is 2. The highest BCUT2D eigenvalue weighted by atomic mass is 19.1. The molecule has 0 aliphatic carbocycles. The van der Waals surface area contributed by atoms with E-state index in [2.05, 4.69) is 20.8 Å². The van der Waals surface area contributed by atoms with Gasteiger partial charge in [0.1, 0.15) is 18.2 Å². The predicted octanol–water partition coefficient (Wildman–Crippen LogP) is 3.49. The Labute approximate surface area is 161 Å². The maximum absolute atomic E-state index is 13.0. The van der Waals surface area contributed by atoms with Crippen molar-refractivity contribution in [3.8, 4) is 22.9 Å². The molecule has 0 bridgehead atoms. The van der Waals surface area contributed by atoms with Gasteiger partial charge in [-0.1, -0.05) is 0 Å². The van der Waals surface area contributed by atoms with Crippen LogP contribution in [0.2, 0.25) is 0 Å². The summed E-state index contributed by atoms with van der Waals surface area (Å²) in [7, 11) is 1.58. The molecule has 0 aliphatic heterocycles. The van der Waals surface area contributed by atoms with Crippen molar-refractivity contribution in [2.24, 2.45) is 0 Å². The molecule has 0 aliphatic rings. The van der Waals surface area contributed by atoms with Crippen LogP contribution >= 0.6 is 0 Å². The average Bonchev–Trinajstić information content (AvgIpc) is 2.73. The van der Waals surface area contributed by atoms with Gasteiger partial charge in [0.05, 0.1) is 19.3 Å². The number of carbonyl (C=O) groups is 1. The molecule has 0 saturated heterocycles. The van der Waals surface area contributed by atoms with Crippen LogP contribution in [0.1, 0.15) is 0 Å². The van der Waals surface area contributed by atoms with E-state index < -0.39 is 0 Å². The van der Waals surface area contributed by atoms with Gasteiger partial charge >= 0.3 is 6.03 Å². The molecular weight excluding hydrogens is 363 g/mol. The highest BCUT2D eigenvalue weighted by molar-refractivity contribution is 5.89. The molecule has 8 heteroatoms. The standard InChI is InChI=1S/C20H19FN4O3/c1-27-17-8-6-16(7-9-17)23-20(26)22-12-13-28-19-11-10-18(24-25-19)14-2-4-15(21)5-3-14/h2-11H,12-13H2,1H3,(H2,22,23,26). The zero-order valence-corrected chi connectivity index (χ0v) is 15.2. The summed E-state index contributed by atoms with van der Waals surface area (Å²) in [5.74, 6) is 0.745. The smallest absolute Gasteiger partial charge is 0.319 e. The second-order valence-electron chi connectivity index (χ2n) is 5.72. The number of ether oxygens (including phenoxy) is 2. The summed E-state index contributed by atoms with van der Waals surface area (Å²) >= 11 is 0. The SMILES string of the molecule is COc1ccc(NC(=O)NCCOc2ccc(-c3ccc(F)cc3)nn2)cc1. The first-order valence-corrected chi connectivity index (χ1v) is 8.55. The molecular formula is C20H19FN4O3. The number of urea groups is 1. The average molecular weight is 382 g/mol. The molecule has 2 N–H and O–H groups in total. The van der Waals surface area contributed by atoms with E-state index in [1.807, 2.05) is 0 Å². The Bertz CT molecular complexity index is 900. The molecule has 1 aromatic heterocycles. The summed E-state index contributed by atoms with van der Waals surface area (Å²) in [6, 6.07) is 16.1. The summed E-state index contributed by atoms with van der Waals surface area (Å²) in [4.78, 5) is 11.8. The van der Waals surface area contributed by atoms with Crippen molar-refractivity contribution in [2.75, 3.05) is 25.6 Å². The third-order valence-corrected chi connectivity index (χ3v) is 3.77. The van der Waals surface area contributed by atoms with Gasteiger partial charge in [0.15, 0.2) is 0 Å². The number of carbonyl (C=O) groups excluding carboxylic acids is 1. The fourth-order valence-electron chi connectivity index (χ4n) is 2.34. The Kier molecular flexibility index (Phi) is 6.35. The number of halogens is 1. The molecule has 28 heavy (non-hydrogen) atoms. The van der Waals surface area contributed by atoms with Crippen LogP contribution in [0.3, 0.4) is 0 Å². The minimum atomic E-state index is -0.341. The maximum atomic E-state index is 13.0. The van der Waals surface area contributed by atoms with Crippen LogP contribution in [0.15, 0.2) is 60.7 Å². The number of amides is 2. The van der Waals surface area contributed by atoms with Crippen LogP contribution in [0.25, 0.3) is 11.3 Å². The van der Waals surface area contributed by atoms with Crippen molar-refractivity contribution in [1.82, 2.24) is 15.5 Å². The second kappa shape index (κ2) is 9.31. The number of hydrogen-bond acceptors (Lipinski definition) is 5. The van der Waals surface area contributed by atoms with Gasteiger partial charge in [0.2, 0.25) is 5.88 Å². The van der Waals surface area contributed by atoms with Gasteiger partial charge in [-0.15, -0.1) is 10.2 Å². The van der Waals surface area contributed by atoms with Crippen LogP contribution < -0.4 is 20.1 Å². The van der Waals surface area contributed by atoms with Crippen molar-refractivity contribution in [3.05, 3.63) is 66.5 Å². The van der Waals surface area contributed by atoms with E-state index in [4.69, 9.17) is 9.47 Å². The molecule has 0 atom stereocenters.